The zero-order valence-corrected chi connectivity index (χ0v) is 18.1. The fourth-order valence-corrected chi connectivity index (χ4v) is 3.56. The van der Waals surface area contributed by atoms with Crippen LogP contribution in [0.15, 0.2) is 59.5 Å². The number of methoxy groups -OCH3 is 1. The van der Waals surface area contributed by atoms with Crippen LogP contribution in [0.25, 0.3) is 11.3 Å². The molecule has 1 aromatic heterocycles. The second-order valence-electron chi connectivity index (χ2n) is 7.01. The van der Waals surface area contributed by atoms with Crippen molar-refractivity contribution in [1.82, 2.24) is 4.98 Å². The molecule has 8 nitrogen and oxygen atoms in total. The molecule has 2 N–H and O–H groups in total. The van der Waals surface area contributed by atoms with Gasteiger partial charge in [0.1, 0.15) is 29.0 Å². The van der Waals surface area contributed by atoms with Crippen LogP contribution in [0, 0.1) is 0 Å². The van der Waals surface area contributed by atoms with Gasteiger partial charge in [0.15, 0.2) is 9.84 Å². The molecule has 164 valence electrons. The number of H-pyrrole nitrogens is 1. The molecule has 0 saturated heterocycles. The summed E-state index contributed by atoms with van der Waals surface area (Å²) in [6, 6.07) is 14.4. The van der Waals surface area contributed by atoms with Crippen LogP contribution in [0.4, 0.5) is 0 Å². The molecule has 1 heterocycles. The van der Waals surface area contributed by atoms with Gasteiger partial charge in [-0.15, -0.1) is 0 Å². The van der Waals surface area contributed by atoms with Crippen LogP contribution in [-0.2, 0) is 14.6 Å². The molecule has 0 bridgehead atoms. The number of aromatic nitrogens is 1. The van der Waals surface area contributed by atoms with E-state index in [9.17, 15) is 13.2 Å². The Morgan fingerprint density at radius 2 is 1.71 bits per heavy atom. The number of nitrogens with one attached hydrogen (secondary N) is 1. The molecule has 1 atom stereocenters. The lowest BCUT2D eigenvalue weighted by Crippen LogP contribution is -2.17. The third kappa shape index (κ3) is 5.87. The van der Waals surface area contributed by atoms with Crippen molar-refractivity contribution in [3.63, 3.8) is 0 Å². The minimum absolute atomic E-state index is 0.0629. The summed E-state index contributed by atoms with van der Waals surface area (Å²) >= 11 is 0. The molecule has 0 radical (unpaired) electrons. The van der Waals surface area contributed by atoms with Crippen LogP contribution < -0.4 is 9.47 Å². The van der Waals surface area contributed by atoms with E-state index in [2.05, 4.69) is 4.98 Å². The molecular weight excluding hydrogens is 422 g/mol. The van der Waals surface area contributed by atoms with Crippen molar-refractivity contribution in [2.45, 2.75) is 17.9 Å². The Labute approximate surface area is 180 Å². The monoisotopic (exact) mass is 445 g/mol. The Morgan fingerprint density at radius 1 is 1.03 bits per heavy atom. The topological polar surface area (TPSA) is 115 Å². The number of carboxylic acid groups (broad SMARTS) is 1. The lowest BCUT2D eigenvalue weighted by Gasteiger charge is -2.16. The van der Waals surface area contributed by atoms with E-state index in [0.29, 0.717) is 35.1 Å². The fourth-order valence-electron chi connectivity index (χ4n) is 2.93. The zero-order valence-electron chi connectivity index (χ0n) is 17.3. The van der Waals surface area contributed by atoms with Crippen molar-refractivity contribution in [1.29, 1.82) is 0 Å². The van der Waals surface area contributed by atoms with E-state index in [1.807, 2.05) is 6.92 Å². The van der Waals surface area contributed by atoms with Crippen molar-refractivity contribution < 1.29 is 32.5 Å². The predicted octanol–water partition coefficient (Wildman–Crippen LogP) is 3.99. The van der Waals surface area contributed by atoms with Gasteiger partial charge in [0.05, 0.1) is 11.5 Å². The van der Waals surface area contributed by atoms with Gasteiger partial charge < -0.3 is 24.3 Å². The number of ether oxygens (including phenoxy) is 3. The van der Waals surface area contributed by atoms with E-state index in [1.165, 1.54) is 18.2 Å². The Morgan fingerprint density at radius 3 is 2.29 bits per heavy atom. The Kier molecular flexibility index (Phi) is 6.67. The number of aromatic carboxylic acids is 1. The van der Waals surface area contributed by atoms with Crippen molar-refractivity contribution in [2.24, 2.45) is 0 Å². The summed E-state index contributed by atoms with van der Waals surface area (Å²) in [5, 5.41) is 9.17. The number of carbonyl (C=O) groups is 1. The van der Waals surface area contributed by atoms with Gasteiger partial charge in [-0.1, -0.05) is 0 Å². The van der Waals surface area contributed by atoms with E-state index in [1.54, 1.807) is 43.5 Å². The molecule has 0 amide bonds. The highest BCUT2D eigenvalue weighted by Crippen LogP contribution is 2.33. The normalized spacial score (nSPS) is 12.4. The standard InChI is InChI=1S/C22H23NO7S/c1-14(13-28-2)29-17-10-15(20-8-9-21(23-20)22(24)25)11-18(12-17)30-16-4-6-19(7-5-16)31(3,26)27/h4-12,14,23H,13H2,1-3H3,(H,24,25). The molecule has 31 heavy (non-hydrogen) atoms. The highest BCUT2D eigenvalue weighted by atomic mass is 32.2. The lowest BCUT2D eigenvalue weighted by molar-refractivity contribution is 0.0691. The fraction of sp³-hybridized carbons (Fsp3) is 0.227. The molecule has 0 aliphatic heterocycles. The number of sulfone groups is 1. The third-order valence-corrected chi connectivity index (χ3v) is 5.46. The molecule has 9 heteroatoms. The number of carboxylic acids is 1. The van der Waals surface area contributed by atoms with E-state index in [4.69, 9.17) is 19.3 Å². The average Bonchev–Trinajstić information content (AvgIpc) is 3.18. The Balaban J connectivity index is 1.94. The summed E-state index contributed by atoms with van der Waals surface area (Å²) in [6.07, 6.45) is 0.916. The van der Waals surface area contributed by atoms with Crippen molar-refractivity contribution in [3.05, 3.63) is 60.3 Å². The summed E-state index contributed by atoms with van der Waals surface area (Å²) in [4.78, 5) is 14.2. The molecule has 0 spiro atoms. The van der Waals surface area contributed by atoms with Crippen LogP contribution in [0.1, 0.15) is 17.4 Å². The van der Waals surface area contributed by atoms with Crippen LogP contribution in [-0.4, -0.2) is 50.6 Å². The first kappa shape index (κ1) is 22.4. The second-order valence-corrected chi connectivity index (χ2v) is 9.03. The van der Waals surface area contributed by atoms with Gasteiger partial charge in [0.2, 0.25) is 0 Å². The summed E-state index contributed by atoms with van der Waals surface area (Å²) < 4.78 is 40.2. The third-order valence-electron chi connectivity index (χ3n) is 4.33. The van der Waals surface area contributed by atoms with E-state index >= 15 is 0 Å². The summed E-state index contributed by atoms with van der Waals surface area (Å²) in [5.41, 5.74) is 1.31. The van der Waals surface area contributed by atoms with Crippen LogP contribution in [0.3, 0.4) is 0 Å². The molecule has 0 aliphatic carbocycles. The summed E-state index contributed by atoms with van der Waals surface area (Å²) in [7, 11) is -1.72. The maximum absolute atomic E-state index is 11.6. The quantitative estimate of drug-likeness (QED) is 0.512. The SMILES string of the molecule is COCC(C)Oc1cc(Oc2ccc(S(C)(=O)=O)cc2)cc(-c2ccc(C(=O)O)[nH]2)c1. The van der Waals surface area contributed by atoms with E-state index in [0.717, 1.165) is 6.26 Å². The lowest BCUT2D eigenvalue weighted by atomic mass is 10.1. The first-order chi connectivity index (χ1) is 14.7. The van der Waals surface area contributed by atoms with Crippen LogP contribution in [0.2, 0.25) is 0 Å². The number of aromatic amines is 1. The van der Waals surface area contributed by atoms with Crippen LogP contribution >= 0.6 is 0 Å². The van der Waals surface area contributed by atoms with Gasteiger partial charge in [-0.05, 0) is 55.5 Å². The first-order valence-corrected chi connectivity index (χ1v) is 11.3. The minimum Gasteiger partial charge on any atom is -0.488 e. The van der Waals surface area contributed by atoms with Crippen molar-refractivity contribution in [3.8, 4) is 28.5 Å². The highest BCUT2D eigenvalue weighted by molar-refractivity contribution is 7.90. The maximum Gasteiger partial charge on any atom is 0.352 e. The van der Waals surface area contributed by atoms with Gasteiger partial charge in [0, 0.05) is 30.7 Å². The number of benzene rings is 2. The summed E-state index contributed by atoms with van der Waals surface area (Å²) in [6.45, 7) is 2.25. The predicted molar refractivity (Wildman–Crippen MR) is 115 cm³/mol. The molecule has 3 rings (SSSR count). The van der Waals surface area contributed by atoms with Gasteiger partial charge in [0.25, 0.3) is 0 Å². The molecule has 3 aromatic rings. The highest BCUT2D eigenvalue weighted by Gasteiger charge is 2.13. The number of rotatable bonds is 9. The van der Waals surface area contributed by atoms with Gasteiger partial charge >= 0.3 is 5.97 Å². The van der Waals surface area contributed by atoms with E-state index in [-0.39, 0.29) is 16.7 Å². The molecule has 2 aromatic carbocycles. The summed E-state index contributed by atoms with van der Waals surface area (Å²) in [5.74, 6) is 0.333. The van der Waals surface area contributed by atoms with Gasteiger partial charge in [-0.3, -0.25) is 0 Å². The number of hydrogen-bond acceptors (Lipinski definition) is 6. The van der Waals surface area contributed by atoms with Crippen molar-refractivity contribution in [2.75, 3.05) is 20.0 Å². The minimum atomic E-state index is -3.31. The Bertz CT molecular complexity index is 1170. The van der Waals surface area contributed by atoms with Crippen LogP contribution in [0.5, 0.6) is 17.2 Å². The molecule has 1 unspecified atom stereocenters. The largest absolute Gasteiger partial charge is 0.488 e. The van der Waals surface area contributed by atoms with Crippen molar-refractivity contribution >= 4 is 15.8 Å². The van der Waals surface area contributed by atoms with E-state index < -0.39 is 15.8 Å². The van der Waals surface area contributed by atoms with Gasteiger partial charge in [-0.25, -0.2) is 13.2 Å². The first-order valence-electron chi connectivity index (χ1n) is 9.37. The zero-order chi connectivity index (χ0) is 22.6. The molecule has 0 fully saturated rings. The molecule has 0 aliphatic rings. The molecule has 0 saturated carbocycles. The number of hydrogen-bond donors (Lipinski definition) is 2. The van der Waals surface area contributed by atoms with Gasteiger partial charge in [-0.2, -0.15) is 0 Å². The average molecular weight is 445 g/mol. The second kappa shape index (κ2) is 9.23. The molecular formula is C22H23NO7S. The Hall–Kier alpha value is -3.30. The maximum atomic E-state index is 11.6. The smallest absolute Gasteiger partial charge is 0.352 e.